The fourth-order valence-corrected chi connectivity index (χ4v) is 5.18. The number of hydrogen-bond donors (Lipinski definition) is 1. The summed E-state index contributed by atoms with van der Waals surface area (Å²) in [5, 5.41) is 9.23. The number of unbranched alkanes of at least 4 members (excludes halogenated alkanes) is 8. The zero-order valence-electron chi connectivity index (χ0n) is 31.6. The number of carbonyl (C=O) groups is 6. The second-order valence-corrected chi connectivity index (χ2v) is 13.4. The van der Waals surface area contributed by atoms with E-state index >= 15 is 0 Å². The third kappa shape index (κ3) is 28.4. The average Bonchev–Trinajstić information content (AvgIpc) is 3.13. The maximum absolute atomic E-state index is 12.6. The number of nitrogens with zero attached hydrogens (tertiary/aromatic N) is 1. The highest BCUT2D eigenvalue weighted by Gasteiger charge is 2.19. The lowest BCUT2D eigenvalue weighted by molar-refractivity contribution is -0.154. The van der Waals surface area contributed by atoms with Gasteiger partial charge in [-0.1, -0.05) is 83.9 Å². The van der Waals surface area contributed by atoms with Gasteiger partial charge in [0.2, 0.25) is 0 Å². The number of aliphatic hydroxyl groups is 1. The maximum Gasteiger partial charge on any atom is 0.305 e. The van der Waals surface area contributed by atoms with Crippen molar-refractivity contribution in [3.05, 3.63) is 0 Å². The van der Waals surface area contributed by atoms with Gasteiger partial charge in [0.1, 0.15) is 19.8 Å². The highest BCUT2D eigenvalue weighted by Crippen LogP contribution is 2.12. The van der Waals surface area contributed by atoms with Gasteiger partial charge in [0.15, 0.2) is 0 Å². The van der Waals surface area contributed by atoms with Gasteiger partial charge in [-0.2, -0.15) is 0 Å². The van der Waals surface area contributed by atoms with Gasteiger partial charge >= 0.3 is 29.8 Å². The van der Waals surface area contributed by atoms with Crippen LogP contribution in [0.15, 0.2) is 0 Å². The molecule has 13 nitrogen and oxygen atoms in total. The van der Waals surface area contributed by atoms with Gasteiger partial charge in [0.25, 0.3) is 5.24 Å². The smallest absolute Gasteiger partial charge is 0.305 e. The lowest BCUT2D eigenvalue weighted by Gasteiger charge is -2.21. The van der Waals surface area contributed by atoms with E-state index in [-0.39, 0.29) is 89.2 Å². The van der Waals surface area contributed by atoms with Crippen molar-refractivity contribution in [1.82, 2.24) is 4.90 Å². The Balaban J connectivity index is 4.75. The van der Waals surface area contributed by atoms with Crippen LogP contribution in [0.3, 0.4) is 0 Å². The minimum Gasteiger partial charge on any atom is -0.465 e. The standard InChI is InChI=1S/C37H65NO12S/c1-5-8-10-12-13-15-19-34(42)49-28-31(27-48-33(41)18-14-11-9-6-2)29-50-36(44)21-17-23-38(37(45)51-4)22-16-20-35(43)47-26-30(24-39)25-46-32(40)7-3/h30-31,39H,5-29H2,1-4H3. The third-order valence-electron chi connectivity index (χ3n) is 7.97. The van der Waals surface area contributed by atoms with Crippen LogP contribution < -0.4 is 0 Å². The molecule has 2 unspecified atom stereocenters. The average molecular weight is 748 g/mol. The van der Waals surface area contributed by atoms with Gasteiger partial charge < -0.3 is 33.7 Å². The first-order valence-electron chi connectivity index (χ1n) is 18.8. The van der Waals surface area contributed by atoms with Crippen LogP contribution in [0.5, 0.6) is 0 Å². The van der Waals surface area contributed by atoms with E-state index in [1.807, 2.05) is 0 Å². The molecule has 0 aliphatic heterocycles. The normalized spacial score (nSPS) is 12.0. The van der Waals surface area contributed by atoms with Crippen molar-refractivity contribution in [3.63, 3.8) is 0 Å². The first-order chi connectivity index (χ1) is 24.6. The van der Waals surface area contributed by atoms with Crippen LogP contribution >= 0.6 is 11.8 Å². The minimum absolute atomic E-state index is 0.0313. The molecule has 0 spiro atoms. The van der Waals surface area contributed by atoms with Crippen molar-refractivity contribution >= 4 is 46.8 Å². The molecule has 0 saturated heterocycles. The molecule has 14 heteroatoms. The van der Waals surface area contributed by atoms with Gasteiger partial charge in [-0.3, -0.25) is 28.8 Å². The van der Waals surface area contributed by atoms with Crippen LogP contribution in [-0.4, -0.2) is 104 Å². The van der Waals surface area contributed by atoms with E-state index < -0.39 is 29.7 Å². The Bertz CT molecular complexity index is 979. The largest absolute Gasteiger partial charge is 0.465 e. The van der Waals surface area contributed by atoms with Crippen molar-refractivity contribution in [3.8, 4) is 0 Å². The summed E-state index contributed by atoms with van der Waals surface area (Å²) in [5.74, 6) is -3.09. The van der Waals surface area contributed by atoms with E-state index in [1.165, 1.54) is 6.42 Å². The van der Waals surface area contributed by atoms with Crippen LogP contribution in [0.2, 0.25) is 0 Å². The molecule has 0 aromatic rings. The topological polar surface area (TPSA) is 172 Å². The fraction of sp³-hybridized carbons (Fsp3) is 0.838. The maximum atomic E-state index is 12.6. The quantitative estimate of drug-likeness (QED) is 0.0456. The Morgan fingerprint density at radius 1 is 0.510 bits per heavy atom. The lowest BCUT2D eigenvalue weighted by atomic mass is 10.1. The van der Waals surface area contributed by atoms with E-state index in [4.69, 9.17) is 23.7 Å². The molecule has 0 radical (unpaired) electrons. The molecular weight excluding hydrogens is 682 g/mol. The van der Waals surface area contributed by atoms with Crippen molar-refractivity contribution in [2.45, 2.75) is 130 Å². The molecule has 2 atom stereocenters. The Labute approximate surface area is 309 Å². The van der Waals surface area contributed by atoms with Crippen molar-refractivity contribution < 1.29 is 57.6 Å². The molecular formula is C37H65NO12S. The molecule has 0 aromatic heterocycles. The molecule has 51 heavy (non-hydrogen) atoms. The number of carbonyl (C=O) groups excluding carboxylic acids is 6. The number of amides is 1. The summed E-state index contributed by atoms with van der Waals surface area (Å²) in [5.41, 5.74) is 0. The third-order valence-corrected chi connectivity index (χ3v) is 8.57. The highest BCUT2D eigenvalue weighted by molar-refractivity contribution is 8.12. The Morgan fingerprint density at radius 3 is 1.25 bits per heavy atom. The summed E-state index contributed by atoms with van der Waals surface area (Å²) in [6, 6.07) is 0. The summed E-state index contributed by atoms with van der Waals surface area (Å²) < 4.78 is 26.5. The summed E-state index contributed by atoms with van der Waals surface area (Å²) >= 11 is 1.03. The van der Waals surface area contributed by atoms with E-state index in [2.05, 4.69) is 13.8 Å². The molecule has 296 valence electrons. The molecule has 1 N–H and O–H groups in total. The first-order valence-corrected chi connectivity index (χ1v) is 20.0. The molecule has 0 aliphatic rings. The number of hydrogen-bond acceptors (Lipinski definition) is 13. The van der Waals surface area contributed by atoms with Crippen molar-refractivity contribution in [2.75, 3.05) is 59.0 Å². The molecule has 0 heterocycles. The van der Waals surface area contributed by atoms with Crippen LogP contribution in [0.1, 0.15) is 130 Å². The number of rotatable bonds is 32. The van der Waals surface area contributed by atoms with Gasteiger partial charge in [0, 0.05) is 45.2 Å². The summed E-state index contributed by atoms with van der Waals surface area (Å²) in [4.78, 5) is 74.7. The van der Waals surface area contributed by atoms with Crippen LogP contribution in [0.25, 0.3) is 0 Å². The predicted octanol–water partition coefficient (Wildman–Crippen LogP) is 6.40. The lowest BCUT2D eigenvalue weighted by Crippen LogP contribution is -2.31. The zero-order valence-corrected chi connectivity index (χ0v) is 32.4. The second kappa shape index (κ2) is 33.0. The highest BCUT2D eigenvalue weighted by atomic mass is 32.2. The monoisotopic (exact) mass is 747 g/mol. The molecule has 0 aromatic carbocycles. The minimum atomic E-state index is -0.519. The number of aliphatic hydroxyl groups excluding tert-OH is 1. The Hall–Kier alpha value is -2.87. The van der Waals surface area contributed by atoms with Crippen LogP contribution in [0.4, 0.5) is 4.79 Å². The molecule has 0 bridgehead atoms. The van der Waals surface area contributed by atoms with E-state index in [9.17, 15) is 33.9 Å². The van der Waals surface area contributed by atoms with E-state index in [0.29, 0.717) is 25.7 Å². The van der Waals surface area contributed by atoms with Gasteiger partial charge in [-0.25, -0.2) is 0 Å². The summed E-state index contributed by atoms with van der Waals surface area (Å²) in [6.07, 6.45) is 13.3. The van der Waals surface area contributed by atoms with Crippen molar-refractivity contribution in [2.24, 2.45) is 11.8 Å². The molecule has 0 fully saturated rings. The number of esters is 5. The van der Waals surface area contributed by atoms with Gasteiger partial charge in [0.05, 0.1) is 31.7 Å². The van der Waals surface area contributed by atoms with Gasteiger partial charge in [-0.05, 0) is 31.9 Å². The fourth-order valence-electron chi connectivity index (χ4n) is 4.74. The second-order valence-electron chi connectivity index (χ2n) is 12.7. The van der Waals surface area contributed by atoms with Crippen molar-refractivity contribution in [1.29, 1.82) is 0 Å². The molecule has 0 saturated carbocycles. The molecule has 1 amide bonds. The summed E-state index contributed by atoms with van der Waals surface area (Å²) in [6.45, 7) is 5.86. The first kappa shape index (κ1) is 48.1. The number of ether oxygens (including phenoxy) is 5. The summed E-state index contributed by atoms with van der Waals surface area (Å²) in [7, 11) is 0. The van der Waals surface area contributed by atoms with E-state index in [0.717, 1.165) is 69.5 Å². The van der Waals surface area contributed by atoms with Crippen LogP contribution in [-0.2, 0) is 47.7 Å². The Kier molecular flexibility index (Phi) is 31.1. The predicted molar refractivity (Wildman–Crippen MR) is 195 cm³/mol. The molecule has 0 aliphatic carbocycles. The Morgan fingerprint density at radius 2 is 0.863 bits per heavy atom. The van der Waals surface area contributed by atoms with Crippen LogP contribution in [0, 0.1) is 11.8 Å². The SMILES string of the molecule is CCCCCCCCC(=O)OCC(COC(=O)CCCCCC)COC(=O)CCCN(CCCC(=O)OCC(CO)COC(=O)CC)C(=O)SC. The van der Waals surface area contributed by atoms with E-state index in [1.54, 1.807) is 18.1 Å². The number of thioether (sulfide) groups is 1. The molecule has 0 rings (SSSR count). The zero-order chi connectivity index (χ0) is 38.1. The van der Waals surface area contributed by atoms with Gasteiger partial charge in [-0.15, -0.1) is 0 Å².